The van der Waals surface area contributed by atoms with Crippen LogP contribution < -0.4 is 10.1 Å². The third-order valence-corrected chi connectivity index (χ3v) is 4.10. The normalized spacial score (nSPS) is 10.6. The summed E-state index contributed by atoms with van der Waals surface area (Å²) in [5.41, 5.74) is 2.82. The van der Waals surface area contributed by atoms with Gasteiger partial charge in [-0.1, -0.05) is 21.1 Å². The number of nitrogens with one attached hydrogen (secondary N) is 1. The number of amides is 1. The molecule has 0 aliphatic carbocycles. The van der Waals surface area contributed by atoms with Gasteiger partial charge in [0, 0.05) is 15.6 Å². The molecule has 2 aromatic carbocycles. The van der Waals surface area contributed by atoms with Crippen LogP contribution in [0.3, 0.4) is 0 Å². The van der Waals surface area contributed by atoms with Gasteiger partial charge in [0.1, 0.15) is 5.75 Å². The zero-order chi connectivity index (χ0) is 18.0. The average Bonchev–Trinajstić information content (AvgIpc) is 3.03. The Morgan fingerprint density at radius 3 is 2.52 bits per heavy atom. The summed E-state index contributed by atoms with van der Waals surface area (Å²) in [7, 11) is 1.57. The molecule has 0 radical (unpaired) electrons. The number of hydrogen-bond acceptors (Lipinski definition) is 5. The third-order valence-electron chi connectivity index (χ3n) is 3.64. The van der Waals surface area contributed by atoms with Crippen molar-refractivity contribution in [3.63, 3.8) is 0 Å². The number of carbonyl (C=O) groups excluding carboxylic acids is 1. The molecule has 1 heterocycles. The van der Waals surface area contributed by atoms with Crippen molar-refractivity contribution >= 4 is 27.5 Å². The van der Waals surface area contributed by atoms with E-state index < -0.39 is 0 Å². The third kappa shape index (κ3) is 3.71. The van der Waals surface area contributed by atoms with Gasteiger partial charge < -0.3 is 14.6 Å². The van der Waals surface area contributed by atoms with Crippen LogP contribution in [-0.4, -0.2) is 23.2 Å². The maximum Gasteiger partial charge on any atom is 0.257 e. The van der Waals surface area contributed by atoms with Crippen molar-refractivity contribution in [1.82, 2.24) is 10.1 Å². The fraction of sp³-hybridized carbons (Fsp3) is 0.167. The van der Waals surface area contributed by atoms with E-state index in [1.165, 1.54) is 0 Å². The van der Waals surface area contributed by atoms with Crippen molar-refractivity contribution in [1.29, 1.82) is 0 Å². The van der Waals surface area contributed by atoms with Crippen molar-refractivity contribution in [2.24, 2.45) is 0 Å². The van der Waals surface area contributed by atoms with Gasteiger partial charge in [-0.25, -0.2) is 0 Å². The summed E-state index contributed by atoms with van der Waals surface area (Å²) in [5.74, 6) is 1.36. The standard InChI is InChI=1S/C18H16BrN3O3/c1-10-8-14(19)9-15(24-3)16(10)21-17(23)12-4-6-13(7-5-12)18-20-11(2)22-25-18/h4-9H,1-3H3,(H,21,23). The van der Waals surface area contributed by atoms with E-state index in [0.717, 1.165) is 15.6 Å². The molecule has 0 aliphatic rings. The van der Waals surface area contributed by atoms with Gasteiger partial charge in [0.15, 0.2) is 5.82 Å². The largest absolute Gasteiger partial charge is 0.495 e. The molecule has 1 aromatic heterocycles. The van der Waals surface area contributed by atoms with Gasteiger partial charge in [-0.3, -0.25) is 4.79 Å². The number of rotatable bonds is 4. The van der Waals surface area contributed by atoms with Crippen LogP contribution in [0, 0.1) is 13.8 Å². The molecule has 0 saturated heterocycles. The summed E-state index contributed by atoms with van der Waals surface area (Å²) >= 11 is 3.42. The van der Waals surface area contributed by atoms with Crippen LogP contribution in [0.5, 0.6) is 5.75 Å². The summed E-state index contributed by atoms with van der Waals surface area (Å²) in [6.07, 6.45) is 0. The van der Waals surface area contributed by atoms with Crippen LogP contribution in [-0.2, 0) is 0 Å². The van der Waals surface area contributed by atoms with Gasteiger partial charge in [0.2, 0.25) is 0 Å². The number of ether oxygens (including phenoxy) is 1. The predicted molar refractivity (Wildman–Crippen MR) is 97.9 cm³/mol. The highest BCUT2D eigenvalue weighted by atomic mass is 79.9. The molecular formula is C18H16BrN3O3. The molecule has 6 nitrogen and oxygen atoms in total. The quantitative estimate of drug-likeness (QED) is 0.701. The smallest absolute Gasteiger partial charge is 0.257 e. The Hall–Kier alpha value is -2.67. The number of methoxy groups -OCH3 is 1. The summed E-state index contributed by atoms with van der Waals surface area (Å²) < 4.78 is 11.4. The maximum atomic E-state index is 12.5. The van der Waals surface area contributed by atoms with Crippen LogP contribution in [0.15, 0.2) is 45.4 Å². The van der Waals surface area contributed by atoms with Crippen molar-refractivity contribution < 1.29 is 14.1 Å². The van der Waals surface area contributed by atoms with Crippen molar-refractivity contribution in [2.45, 2.75) is 13.8 Å². The number of benzene rings is 2. The lowest BCUT2D eigenvalue weighted by Gasteiger charge is -2.14. The lowest BCUT2D eigenvalue weighted by atomic mass is 10.1. The summed E-state index contributed by atoms with van der Waals surface area (Å²) in [6.45, 7) is 3.66. The van der Waals surface area contributed by atoms with Gasteiger partial charge in [-0.05, 0) is 55.8 Å². The number of carbonyl (C=O) groups is 1. The predicted octanol–water partition coefficient (Wildman–Crippen LogP) is 4.38. The molecule has 0 saturated carbocycles. The second kappa shape index (κ2) is 7.06. The van der Waals surface area contributed by atoms with E-state index in [9.17, 15) is 4.79 Å². The Morgan fingerprint density at radius 2 is 1.92 bits per heavy atom. The molecule has 0 aliphatic heterocycles. The molecule has 0 atom stereocenters. The molecule has 3 aromatic rings. The van der Waals surface area contributed by atoms with Gasteiger partial charge in [0.25, 0.3) is 11.8 Å². The second-order valence-electron chi connectivity index (χ2n) is 5.48. The first-order valence-corrected chi connectivity index (χ1v) is 8.33. The fourth-order valence-corrected chi connectivity index (χ4v) is 2.95. The molecule has 7 heteroatoms. The minimum Gasteiger partial charge on any atom is -0.495 e. The van der Waals surface area contributed by atoms with Gasteiger partial charge >= 0.3 is 0 Å². The van der Waals surface area contributed by atoms with E-state index in [0.29, 0.717) is 28.7 Å². The zero-order valence-electron chi connectivity index (χ0n) is 14.0. The van der Waals surface area contributed by atoms with E-state index in [1.54, 1.807) is 38.3 Å². The minimum absolute atomic E-state index is 0.225. The SMILES string of the molecule is COc1cc(Br)cc(C)c1NC(=O)c1ccc(-c2nc(C)no2)cc1. The maximum absolute atomic E-state index is 12.5. The van der Waals surface area contributed by atoms with Crippen LogP contribution in [0.25, 0.3) is 11.5 Å². The van der Waals surface area contributed by atoms with E-state index in [2.05, 4.69) is 31.4 Å². The first-order chi connectivity index (χ1) is 12.0. The van der Waals surface area contributed by atoms with E-state index in [1.807, 2.05) is 19.1 Å². The number of nitrogens with zero attached hydrogens (tertiary/aromatic N) is 2. The molecule has 0 unspecified atom stereocenters. The van der Waals surface area contributed by atoms with Gasteiger partial charge in [-0.2, -0.15) is 4.98 Å². The second-order valence-corrected chi connectivity index (χ2v) is 6.39. The summed E-state index contributed by atoms with van der Waals surface area (Å²) in [4.78, 5) is 16.7. The number of aryl methyl sites for hydroxylation is 2. The summed E-state index contributed by atoms with van der Waals surface area (Å²) in [5, 5.41) is 6.66. The van der Waals surface area contributed by atoms with Crippen LogP contribution in [0.2, 0.25) is 0 Å². The van der Waals surface area contributed by atoms with E-state index >= 15 is 0 Å². The topological polar surface area (TPSA) is 77.2 Å². The van der Waals surface area contributed by atoms with Crippen LogP contribution in [0.1, 0.15) is 21.7 Å². The van der Waals surface area contributed by atoms with Gasteiger partial charge in [0.05, 0.1) is 12.8 Å². The first kappa shape index (κ1) is 17.2. The Morgan fingerprint density at radius 1 is 1.20 bits per heavy atom. The number of halogens is 1. The number of anilines is 1. The zero-order valence-corrected chi connectivity index (χ0v) is 15.5. The summed E-state index contributed by atoms with van der Waals surface area (Å²) in [6, 6.07) is 10.7. The van der Waals surface area contributed by atoms with Crippen molar-refractivity contribution in [3.05, 3.63) is 57.8 Å². The molecular weight excluding hydrogens is 386 g/mol. The highest BCUT2D eigenvalue weighted by Gasteiger charge is 2.14. The molecule has 1 N–H and O–H groups in total. The first-order valence-electron chi connectivity index (χ1n) is 7.54. The average molecular weight is 402 g/mol. The Labute approximate surface area is 153 Å². The molecule has 0 fully saturated rings. The van der Waals surface area contributed by atoms with Crippen molar-refractivity contribution in [2.75, 3.05) is 12.4 Å². The molecule has 1 amide bonds. The molecule has 3 rings (SSSR count). The molecule has 0 bridgehead atoms. The molecule has 0 spiro atoms. The van der Waals surface area contributed by atoms with Gasteiger partial charge in [-0.15, -0.1) is 0 Å². The Balaban J connectivity index is 1.82. The monoisotopic (exact) mass is 401 g/mol. The number of hydrogen-bond donors (Lipinski definition) is 1. The van der Waals surface area contributed by atoms with E-state index in [4.69, 9.17) is 9.26 Å². The highest BCUT2D eigenvalue weighted by Crippen LogP contribution is 2.32. The molecule has 25 heavy (non-hydrogen) atoms. The van der Waals surface area contributed by atoms with Crippen molar-refractivity contribution in [3.8, 4) is 17.2 Å². The molecule has 128 valence electrons. The fourth-order valence-electron chi connectivity index (χ4n) is 2.40. The Bertz CT molecular complexity index is 920. The lowest BCUT2D eigenvalue weighted by Crippen LogP contribution is -2.13. The van der Waals surface area contributed by atoms with Crippen LogP contribution in [0.4, 0.5) is 5.69 Å². The lowest BCUT2D eigenvalue weighted by molar-refractivity contribution is 0.102. The van der Waals surface area contributed by atoms with Crippen LogP contribution >= 0.6 is 15.9 Å². The number of aromatic nitrogens is 2. The highest BCUT2D eigenvalue weighted by molar-refractivity contribution is 9.10. The van der Waals surface area contributed by atoms with E-state index in [-0.39, 0.29) is 5.91 Å². The minimum atomic E-state index is -0.225. The Kier molecular flexibility index (Phi) is 4.85.